The van der Waals surface area contributed by atoms with Gasteiger partial charge in [0.15, 0.2) is 4.99 Å². The van der Waals surface area contributed by atoms with Gasteiger partial charge in [0.05, 0.1) is 14.7 Å². The summed E-state index contributed by atoms with van der Waals surface area (Å²) in [5.41, 5.74) is 1.30. The van der Waals surface area contributed by atoms with Crippen molar-refractivity contribution in [3.8, 4) is 6.07 Å². The van der Waals surface area contributed by atoms with Gasteiger partial charge in [-0.25, -0.2) is 4.99 Å². The lowest BCUT2D eigenvalue weighted by molar-refractivity contribution is 0.108. The quantitative estimate of drug-likeness (QED) is 0.420. The zero-order chi connectivity index (χ0) is 19.0. The van der Waals surface area contributed by atoms with Crippen molar-refractivity contribution in [2.75, 3.05) is 0 Å². The van der Waals surface area contributed by atoms with Gasteiger partial charge in [-0.15, -0.1) is 0 Å². The molecule has 0 aromatic heterocycles. The maximum absolute atomic E-state index is 12.6. The van der Waals surface area contributed by atoms with Gasteiger partial charge in [0.1, 0.15) is 11.0 Å². The topological polar surface area (TPSA) is 62.5 Å². The summed E-state index contributed by atoms with van der Waals surface area (Å²) in [4.78, 5) is 18.8. The number of allylic oxidation sites excluding steroid dienone is 1. The van der Waals surface area contributed by atoms with Gasteiger partial charge < -0.3 is 4.18 Å². The number of nitrogens with zero attached hydrogens (tertiary/aromatic N) is 2. The highest BCUT2D eigenvalue weighted by Crippen LogP contribution is 2.54. The van der Waals surface area contributed by atoms with Crippen molar-refractivity contribution in [1.82, 2.24) is 0 Å². The summed E-state index contributed by atoms with van der Waals surface area (Å²) in [5.74, 6) is 0.464. The summed E-state index contributed by atoms with van der Waals surface area (Å²) in [6.45, 7) is 0. The molecule has 4 nitrogen and oxygen atoms in total. The molecule has 0 amide bonds. The molecule has 2 aliphatic heterocycles. The van der Waals surface area contributed by atoms with Gasteiger partial charge in [-0.1, -0.05) is 23.2 Å². The lowest BCUT2D eigenvalue weighted by Crippen LogP contribution is -2.02. The number of thioether (sulfide) groups is 1. The van der Waals surface area contributed by atoms with E-state index >= 15 is 0 Å². The number of hydrogen-bond acceptors (Lipinski definition) is 6. The van der Waals surface area contributed by atoms with E-state index < -0.39 is 9.80 Å². The largest absolute Gasteiger partial charge is 0.401 e. The smallest absolute Gasteiger partial charge is 0.236 e. The van der Waals surface area contributed by atoms with Gasteiger partial charge in [-0.3, -0.25) is 4.79 Å². The van der Waals surface area contributed by atoms with Gasteiger partial charge in [0.25, 0.3) is 0 Å². The fraction of sp³-hybridized carbons (Fsp3) is 0. The number of carbonyl (C=O) groups excluding carboxylic acids is 1. The van der Waals surface area contributed by atoms with E-state index in [-0.39, 0.29) is 5.12 Å². The molecule has 0 spiro atoms. The molecule has 27 heavy (non-hydrogen) atoms. The molecule has 0 bridgehead atoms. The lowest BCUT2D eigenvalue weighted by Gasteiger charge is -2.05. The molecule has 0 aliphatic carbocycles. The fourth-order valence-corrected chi connectivity index (χ4v) is 7.15. The first-order chi connectivity index (χ1) is 13.0. The molecule has 0 fully saturated rings. The Morgan fingerprint density at radius 1 is 1.11 bits per heavy atom. The zero-order valence-corrected chi connectivity index (χ0v) is 17.3. The van der Waals surface area contributed by atoms with E-state index in [1.807, 2.05) is 12.1 Å². The van der Waals surface area contributed by atoms with Crippen molar-refractivity contribution >= 4 is 71.6 Å². The van der Waals surface area contributed by atoms with Crippen molar-refractivity contribution in [1.29, 1.82) is 5.26 Å². The molecule has 2 aromatic carbocycles. The van der Waals surface area contributed by atoms with Crippen molar-refractivity contribution in [2.24, 2.45) is 4.99 Å². The number of carbonyl (C=O) groups is 1. The first kappa shape index (κ1) is 18.7. The molecule has 1 unspecified atom stereocenters. The lowest BCUT2D eigenvalue weighted by atomic mass is 10.2. The number of halogens is 2. The van der Waals surface area contributed by atoms with E-state index in [4.69, 9.17) is 27.4 Å². The van der Waals surface area contributed by atoms with Crippen LogP contribution >= 0.6 is 55.6 Å². The van der Waals surface area contributed by atoms with Crippen LogP contribution in [0.15, 0.2) is 63.3 Å². The molecule has 2 heterocycles. The summed E-state index contributed by atoms with van der Waals surface area (Å²) in [7, 11) is 0.548. The molecular formula is C18H8Cl2N2O2S3. The normalized spacial score (nSPS) is 18.0. The molecule has 0 saturated carbocycles. The predicted molar refractivity (Wildman–Crippen MR) is 115 cm³/mol. The van der Waals surface area contributed by atoms with Crippen molar-refractivity contribution < 1.29 is 8.98 Å². The molecule has 2 aromatic rings. The molecule has 0 N–H and O–H groups in total. The minimum atomic E-state index is -0.734. The number of nitriles is 1. The Morgan fingerprint density at radius 2 is 1.74 bits per heavy atom. The molecule has 1 atom stereocenters. The van der Waals surface area contributed by atoms with Crippen molar-refractivity contribution in [3.05, 3.63) is 79.5 Å². The number of hydrogen-bond donors (Lipinski definition) is 0. The zero-order valence-electron chi connectivity index (χ0n) is 13.3. The summed E-state index contributed by atoms with van der Waals surface area (Å²) < 4.78 is 5.90. The molecular weight excluding hydrogens is 443 g/mol. The highest BCUT2D eigenvalue weighted by atomic mass is 35.5. The average Bonchev–Trinajstić information content (AvgIpc) is 3.21. The Hall–Kier alpha value is -1.69. The maximum Gasteiger partial charge on any atom is 0.236 e. The molecule has 134 valence electrons. The van der Waals surface area contributed by atoms with Crippen LogP contribution < -0.4 is 0 Å². The molecule has 0 saturated heterocycles. The minimum Gasteiger partial charge on any atom is -0.401 e. The van der Waals surface area contributed by atoms with Gasteiger partial charge in [-0.2, -0.15) is 5.26 Å². The van der Waals surface area contributed by atoms with Crippen LogP contribution in [0.1, 0.15) is 15.9 Å². The van der Waals surface area contributed by atoms with Gasteiger partial charge in [-0.05, 0) is 71.1 Å². The average molecular weight is 451 g/mol. The van der Waals surface area contributed by atoms with E-state index in [0.29, 0.717) is 36.3 Å². The second-order valence-electron chi connectivity index (χ2n) is 5.30. The van der Waals surface area contributed by atoms with Crippen LogP contribution in [-0.4, -0.2) is 16.0 Å². The summed E-state index contributed by atoms with van der Waals surface area (Å²) in [6.07, 6.45) is 0. The van der Waals surface area contributed by atoms with Crippen molar-refractivity contribution in [2.45, 2.75) is 0 Å². The van der Waals surface area contributed by atoms with Crippen LogP contribution in [-0.2, 0) is 4.18 Å². The number of rotatable bonds is 3. The van der Waals surface area contributed by atoms with Crippen molar-refractivity contribution in [3.63, 3.8) is 0 Å². The summed E-state index contributed by atoms with van der Waals surface area (Å²) in [6, 6.07) is 15.9. The SMILES string of the molecule is N#CC1=C(SC(=O)c2ccc(Cl)cc2)C2=S(OC(c3ccc(Cl)cc3)=N2)S1. The number of aliphatic imine (C=N–C) groups is 1. The Kier molecular flexibility index (Phi) is 5.35. The highest BCUT2D eigenvalue weighted by Gasteiger charge is 2.34. The third-order valence-electron chi connectivity index (χ3n) is 3.54. The Morgan fingerprint density at radius 3 is 2.37 bits per heavy atom. The summed E-state index contributed by atoms with van der Waals surface area (Å²) in [5, 5.41) is 10.4. The van der Waals surface area contributed by atoms with E-state index in [0.717, 1.165) is 17.3 Å². The van der Waals surface area contributed by atoms with Crippen LogP contribution in [0.5, 0.6) is 0 Å². The van der Waals surface area contributed by atoms with Gasteiger partial charge in [0.2, 0.25) is 11.0 Å². The fourth-order valence-electron chi connectivity index (χ4n) is 2.26. The van der Waals surface area contributed by atoms with Gasteiger partial charge >= 0.3 is 0 Å². The van der Waals surface area contributed by atoms with E-state index in [1.54, 1.807) is 36.4 Å². The number of benzene rings is 2. The van der Waals surface area contributed by atoms with E-state index in [1.165, 1.54) is 10.8 Å². The monoisotopic (exact) mass is 450 g/mol. The molecule has 4 rings (SSSR count). The standard InChI is InChI=1S/C18H8Cl2N2O2S3/c19-12-5-1-10(2-6-12)16-22-17-15(14(9-21)26-27(17)24-16)25-18(23)11-3-7-13(20)8-4-11/h1-8H. The van der Waals surface area contributed by atoms with Crippen LogP contribution in [0.3, 0.4) is 0 Å². The predicted octanol–water partition coefficient (Wildman–Crippen LogP) is 6.05. The second-order valence-corrected chi connectivity index (χ2v) is 10.2. The van der Waals surface area contributed by atoms with Crippen LogP contribution in [0.4, 0.5) is 0 Å². The first-order valence-electron chi connectivity index (χ1n) is 7.50. The van der Waals surface area contributed by atoms with E-state index in [2.05, 4.69) is 11.1 Å². The van der Waals surface area contributed by atoms with Crippen LogP contribution in [0.25, 0.3) is 0 Å². The first-order valence-corrected chi connectivity index (χ1v) is 11.6. The second kappa shape index (κ2) is 7.74. The summed E-state index contributed by atoms with van der Waals surface area (Å²) >= 11 is 12.8. The van der Waals surface area contributed by atoms with E-state index in [9.17, 15) is 10.1 Å². The molecule has 2 aliphatic rings. The molecule has 0 radical (unpaired) electrons. The minimum absolute atomic E-state index is 0.178. The Balaban J connectivity index is 1.61. The maximum atomic E-state index is 12.6. The third kappa shape index (κ3) is 3.82. The molecule has 9 heteroatoms. The van der Waals surface area contributed by atoms with Crippen LogP contribution in [0, 0.1) is 11.3 Å². The van der Waals surface area contributed by atoms with Crippen LogP contribution in [0.2, 0.25) is 10.0 Å². The Labute approximate surface area is 175 Å². The Bertz CT molecular complexity index is 1090. The third-order valence-corrected chi connectivity index (χ3v) is 8.49. The van der Waals surface area contributed by atoms with Gasteiger partial charge in [0, 0.05) is 21.2 Å². The highest BCUT2D eigenvalue weighted by molar-refractivity contribution is 8.84.